The normalized spacial score (nSPS) is 13.5. The second-order valence-corrected chi connectivity index (χ2v) is 5.56. The number of thiazole rings is 1. The van der Waals surface area contributed by atoms with Gasteiger partial charge in [-0.05, 0) is 12.8 Å². The van der Waals surface area contributed by atoms with Gasteiger partial charge in [-0.1, -0.05) is 13.8 Å². The highest BCUT2D eigenvalue weighted by atomic mass is 32.1. The Labute approximate surface area is 106 Å². The van der Waals surface area contributed by atoms with Gasteiger partial charge in [0.2, 0.25) is 0 Å². The van der Waals surface area contributed by atoms with E-state index in [1.165, 1.54) is 0 Å². The molecule has 0 aliphatic heterocycles. The number of aliphatic hydroxyl groups excluding tert-OH is 1. The first kappa shape index (κ1) is 12.4. The highest BCUT2D eigenvalue weighted by Gasteiger charge is 2.21. The second kappa shape index (κ2) is 4.66. The summed E-state index contributed by atoms with van der Waals surface area (Å²) < 4.78 is 1.96. The lowest BCUT2D eigenvalue weighted by molar-refractivity contribution is 0.276. The van der Waals surface area contributed by atoms with E-state index >= 15 is 0 Å². The smallest absolute Gasteiger partial charge is 0.195 e. The van der Waals surface area contributed by atoms with E-state index in [2.05, 4.69) is 30.7 Å². The number of hydrogen-bond acceptors (Lipinski definition) is 4. The Morgan fingerprint density at radius 3 is 2.76 bits per heavy atom. The van der Waals surface area contributed by atoms with E-state index in [0.29, 0.717) is 12.0 Å². The SMILES string of the molecule is CC(C)C(C)N(C)c1nc2sccn2c1CO. The molecule has 5 heteroatoms. The molecular weight excluding hydrogens is 234 g/mol. The van der Waals surface area contributed by atoms with Crippen LogP contribution in [0.15, 0.2) is 11.6 Å². The zero-order chi connectivity index (χ0) is 12.6. The van der Waals surface area contributed by atoms with Crippen LogP contribution in [0.5, 0.6) is 0 Å². The Kier molecular flexibility index (Phi) is 3.40. The molecular formula is C12H19N3OS. The summed E-state index contributed by atoms with van der Waals surface area (Å²) in [6.45, 7) is 6.58. The van der Waals surface area contributed by atoms with E-state index in [1.54, 1.807) is 11.3 Å². The lowest BCUT2D eigenvalue weighted by atomic mass is 10.1. The molecule has 2 rings (SSSR count). The molecule has 0 aliphatic carbocycles. The van der Waals surface area contributed by atoms with Gasteiger partial charge in [-0.15, -0.1) is 11.3 Å². The third kappa shape index (κ3) is 2.05. The van der Waals surface area contributed by atoms with Crippen LogP contribution in [0.25, 0.3) is 4.96 Å². The molecule has 2 heterocycles. The predicted octanol–water partition coefficient (Wildman–Crippen LogP) is 2.37. The standard InChI is InChI=1S/C12H19N3OS/c1-8(2)9(3)14(4)11-10(7-16)15-5-6-17-12(15)13-11/h5-6,8-9,16H,7H2,1-4H3. The van der Waals surface area contributed by atoms with Crippen LogP contribution in [0.2, 0.25) is 0 Å². The quantitative estimate of drug-likeness (QED) is 0.909. The van der Waals surface area contributed by atoms with Gasteiger partial charge in [-0.2, -0.15) is 0 Å². The highest BCUT2D eigenvalue weighted by molar-refractivity contribution is 7.15. The maximum Gasteiger partial charge on any atom is 0.195 e. The van der Waals surface area contributed by atoms with Gasteiger partial charge >= 0.3 is 0 Å². The summed E-state index contributed by atoms with van der Waals surface area (Å²) in [4.78, 5) is 7.68. The van der Waals surface area contributed by atoms with Crippen molar-refractivity contribution in [2.75, 3.05) is 11.9 Å². The number of fused-ring (bicyclic) bond motifs is 1. The van der Waals surface area contributed by atoms with Crippen molar-refractivity contribution in [3.05, 3.63) is 17.3 Å². The van der Waals surface area contributed by atoms with Crippen LogP contribution in [0.4, 0.5) is 5.82 Å². The molecule has 0 radical (unpaired) electrons. The van der Waals surface area contributed by atoms with Crippen LogP contribution in [0.3, 0.4) is 0 Å². The summed E-state index contributed by atoms with van der Waals surface area (Å²) in [6.07, 6.45) is 1.95. The van der Waals surface area contributed by atoms with E-state index in [9.17, 15) is 5.11 Å². The van der Waals surface area contributed by atoms with Crippen LogP contribution >= 0.6 is 11.3 Å². The maximum atomic E-state index is 9.51. The molecule has 0 saturated carbocycles. The maximum absolute atomic E-state index is 9.51. The van der Waals surface area contributed by atoms with E-state index in [-0.39, 0.29) is 6.61 Å². The summed E-state index contributed by atoms with van der Waals surface area (Å²) in [7, 11) is 2.04. The van der Waals surface area contributed by atoms with E-state index in [4.69, 9.17) is 0 Å². The molecule has 1 N–H and O–H groups in total. The average molecular weight is 253 g/mol. The fourth-order valence-corrected chi connectivity index (χ4v) is 2.62. The Bertz CT molecular complexity index is 503. The van der Waals surface area contributed by atoms with Crippen LogP contribution in [0, 0.1) is 5.92 Å². The number of aromatic nitrogens is 2. The number of rotatable bonds is 4. The third-order valence-corrected chi connectivity index (χ3v) is 4.16. The van der Waals surface area contributed by atoms with Crippen molar-refractivity contribution >= 4 is 22.1 Å². The second-order valence-electron chi connectivity index (χ2n) is 4.69. The summed E-state index contributed by atoms with van der Waals surface area (Å²) in [5.41, 5.74) is 0.872. The van der Waals surface area contributed by atoms with Gasteiger partial charge in [0.05, 0.1) is 12.3 Å². The minimum atomic E-state index is 0.0163. The Hall–Kier alpha value is -1.07. The molecule has 0 aliphatic rings. The number of anilines is 1. The molecule has 0 fully saturated rings. The minimum absolute atomic E-state index is 0.0163. The Morgan fingerprint density at radius 2 is 2.18 bits per heavy atom. The van der Waals surface area contributed by atoms with Crippen LogP contribution in [-0.2, 0) is 6.61 Å². The zero-order valence-electron chi connectivity index (χ0n) is 10.7. The van der Waals surface area contributed by atoms with Crippen molar-refractivity contribution in [2.24, 2.45) is 5.92 Å². The predicted molar refractivity (Wildman–Crippen MR) is 71.7 cm³/mol. The summed E-state index contributed by atoms with van der Waals surface area (Å²) in [5.74, 6) is 1.44. The first-order chi connectivity index (χ1) is 8.06. The molecule has 0 bridgehead atoms. The molecule has 1 unspecified atom stereocenters. The first-order valence-corrected chi connectivity index (χ1v) is 6.72. The van der Waals surface area contributed by atoms with Crippen LogP contribution < -0.4 is 4.90 Å². The van der Waals surface area contributed by atoms with Crippen molar-refractivity contribution < 1.29 is 5.11 Å². The minimum Gasteiger partial charge on any atom is -0.390 e. The van der Waals surface area contributed by atoms with Crippen LogP contribution in [0.1, 0.15) is 26.5 Å². The molecule has 1 atom stereocenters. The highest BCUT2D eigenvalue weighted by Crippen LogP contribution is 2.26. The van der Waals surface area contributed by atoms with E-state index in [0.717, 1.165) is 16.5 Å². The van der Waals surface area contributed by atoms with Crippen molar-refractivity contribution in [1.82, 2.24) is 9.38 Å². The lowest BCUT2D eigenvalue weighted by Gasteiger charge is -2.28. The summed E-state index contributed by atoms with van der Waals surface area (Å²) in [5, 5.41) is 11.5. The van der Waals surface area contributed by atoms with Gasteiger partial charge in [-0.3, -0.25) is 4.40 Å². The van der Waals surface area contributed by atoms with Crippen molar-refractivity contribution in [3.63, 3.8) is 0 Å². The number of nitrogens with zero attached hydrogens (tertiary/aromatic N) is 3. The molecule has 4 nitrogen and oxygen atoms in total. The molecule has 17 heavy (non-hydrogen) atoms. The van der Waals surface area contributed by atoms with Crippen LogP contribution in [-0.4, -0.2) is 27.6 Å². The van der Waals surface area contributed by atoms with Crippen molar-refractivity contribution in [1.29, 1.82) is 0 Å². The molecule has 94 valence electrons. The molecule has 0 amide bonds. The van der Waals surface area contributed by atoms with E-state index < -0.39 is 0 Å². The molecule has 0 aromatic carbocycles. The monoisotopic (exact) mass is 253 g/mol. The average Bonchev–Trinajstić information content (AvgIpc) is 2.85. The lowest BCUT2D eigenvalue weighted by Crippen LogP contribution is -2.34. The molecule has 2 aromatic rings. The number of imidazole rings is 1. The van der Waals surface area contributed by atoms with Gasteiger partial charge in [0.1, 0.15) is 0 Å². The van der Waals surface area contributed by atoms with Gasteiger partial charge in [-0.25, -0.2) is 4.98 Å². The van der Waals surface area contributed by atoms with Gasteiger partial charge in [0, 0.05) is 24.7 Å². The number of hydrogen-bond donors (Lipinski definition) is 1. The topological polar surface area (TPSA) is 40.8 Å². The first-order valence-electron chi connectivity index (χ1n) is 5.84. The van der Waals surface area contributed by atoms with Gasteiger partial charge in [0.25, 0.3) is 0 Å². The van der Waals surface area contributed by atoms with Crippen molar-refractivity contribution in [2.45, 2.75) is 33.4 Å². The summed E-state index contributed by atoms with van der Waals surface area (Å²) in [6, 6.07) is 0.393. The van der Waals surface area contributed by atoms with E-state index in [1.807, 2.05) is 23.0 Å². The van der Waals surface area contributed by atoms with Crippen molar-refractivity contribution in [3.8, 4) is 0 Å². The molecule has 2 aromatic heterocycles. The molecule has 0 saturated heterocycles. The fourth-order valence-electron chi connectivity index (χ4n) is 1.89. The number of aliphatic hydroxyl groups is 1. The fraction of sp³-hybridized carbons (Fsp3) is 0.583. The molecule has 0 spiro atoms. The van der Waals surface area contributed by atoms with Gasteiger partial charge in [0.15, 0.2) is 10.8 Å². The largest absolute Gasteiger partial charge is 0.390 e. The third-order valence-electron chi connectivity index (χ3n) is 3.40. The summed E-state index contributed by atoms with van der Waals surface area (Å²) >= 11 is 1.59. The Morgan fingerprint density at radius 1 is 1.47 bits per heavy atom. The Balaban J connectivity index is 2.43. The van der Waals surface area contributed by atoms with Gasteiger partial charge < -0.3 is 10.0 Å². The zero-order valence-corrected chi connectivity index (χ0v) is 11.5.